The Labute approximate surface area is 162 Å². The van der Waals surface area contributed by atoms with Gasteiger partial charge in [0.15, 0.2) is 0 Å². The molecule has 1 N–H and O–H groups in total. The summed E-state index contributed by atoms with van der Waals surface area (Å²) >= 11 is 15.2. The molecule has 0 amide bonds. The number of thioether (sulfide) groups is 1. The first kappa shape index (κ1) is 20.0. The minimum Gasteiger partial charge on any atom is -0.329 e. The van der Waals surface area contributed by atoms with E-state index >= 15 is 0 Å². The van der Waals surface area contributed by atoms with Crippen LogP contribution < -0.4 is 4.72 Å². The number of hydrogen-bond donors (Lipinski definition) is 1. The molecule has 0 radical (unpaired) electrons. The largest absolute Gasteiger partial charge is 0.329 e. The van der Waals surface area contributed by atoms with Crippen molar-refractivity contribution in [3.05, 3.63) is 51.8 Å². The third-order valence-electron chi connectivity index (χ3n) is 3.52. The first-order valence-corrected chi connectivity index (χ1v) is 10.6. The van der Waals surface area contributed by atoms with Gasteiger partial charge in [0.1, 0.15) is 5.82 Å². The summed E-state index contributed by atoms with van der Waals surface area (Å²) < 4.78 is 16.8. The van der Waals surface area contributed by atoms with Gasteiger partial charge in [0.05, 0.1) is 10.7 Å². The topological polar surface area (TPSA) is 15.3 Å². The first-order valence-electron chi connectivity index (χ1n) is 7.71. The number of nitrogens with one attached hydrogen (secondary N) is 1. The fourth-order valence-electron chi connectivity index (χ4n) is 2.22. The number of halogens is 3. The molecular weight excluding hydrogens is 386 g/mol. The maximum Gasteiger partial charge on any atom is 0.125 e. The molecule has 24 heavy (non-hydrogen) atoms. The molecule has 1 aromatic carbocycles. The average Bonchev–Trinajstić information content (AvgIpc) is 2.57. The maximum atomic E-state index is 13.6. The highest BCUT2D eigenvalue weighted by Gasteiger charge is 2.13. The van der Waals surface area contributed by atoms with Crippen LogP contribution in [-0.2, 0) is 6.54 Å². The number of hydrogen-bond acceptors (Lipinski definition) is 4. The Morgan fingerprint density at radius 2 is 2.12 bits per heavy atom. The summed E-state index contributed by atoms with van der Waals surface area (Å²) in [5.41, 5.74) is 1.95. The van der Waals surface area contributed by atoms with E-state index < -0.39 is 0 Å². The molecule has 1 heterocycles. The molecule has 132 valence electrons. The smallest absolute Gasteiger partial charge is 0.125 e. The van der Waals surface area contributed by atoms with Gasteiger partial charge in [0, 0.05) is 41.9 Å². The minimum absolute atomic E-state index is 0.227. The molecule has 0 saturated carbocycles. The molecule has 7 heteroatoms. The zero-order chi connectivity index (χ0) is 17.4. The first-order chi connectivity index (χ1) is 11.6. The standard InChI is InChI=1S/C17H21Cl2FN2S2/c1-13(18)16(19)3-2-8-24-21-17-11-15(20)5-4-14(17)12-22-6-9-23-10-7-22/h2-5,11,21H,6-10,12H2,1H3/b3-2-,16-13-. The van der Waals surface area contributed by atoms with Crippen LogP contribution >= 0.6 is 46.9 Å². The third-order valence-corrected chi connectivity index (χ3v) is 5.90. The van der Waals surface area contributed by atoms with Crippen LogP contribution in [0.5, 0.6) is 0 Å². The normalized spacial score (nSPS) is 17.2. The van der Waals surface area contributed by atoms with Crippen LogP contribution in [0.2, 0.25) is 0 Å². The van der Waals surface area contributed by atoms with Gasteiger partial charge in [-0.05, 0) is 42.6 Å². The zero-order valence-corrected chi connectivity index (χ0v) is 16.7. The minimum atomic E-state index is -0.227. The predicted octanol–water partition coefficient (Wildman–Crippen LogP) is 5.70. The Balaban J connectivity index is 1.91. The summed E-state index contributed by atoms with van der Waals surface area (Å²) in [6.07, 6.45) is 3.70. The van der Waals surface area contributed by atoms with Gasteiger partial charge in [-0.15, -0.1) is 0 Å². The molecule has 1 aliphatic heterocycles. The van der Waals surface area contributed by atoms with E-state index in [1.54, 1.807) is 19.1 Å². The van der Waals surface area contributed by atoms with Crippen molar-refractivity contribution in [1.29, 1.82) is 0 Å². The Morgan fingerprint density at radius 1 is 1.38 bits per heavy atom. The number of nitrogens with zero attached hydrogens (tertiary/aromatic N) is 1. The fraction of sp³-hybridized carbons (Fsp3) is 0.412. The van der Waals surface area contributed by atoms with E-state index in [4.69, 9.17) is 23.2 Å². The number of anilines is 1. The molecule has 0 aromatic heterocycles. The van der Waals surface area contributed by atoms with Gasteiger partial charge >= 0.3 is 0 Å². The maximum absolute atomic E-state index is 13.6. The lowest BCUT2D eigenvalue weighted by atomic mass is 10.1. The Kier molecular flexibility index (Phi) is 8.84. The van der Waals surface area contributed by atoms with Crippen molar-refractivity contribution in [3.63, 3.8) is 0 Å². The number of allylic oxidation sites excluding steroid dienone is 3. The van der Waals surface area contributed by atoms with Gasteiger partial charge in [-0.25, -0.2) is 4.39 Å². The van der Waals surface area contributed by atoms with Gasteiger partial charge in [-0.3, -0.25) is 4.90 Å². The summed E-state index contributed by atoms with van der Waals surface area (Å²) in [5.74, 6) is 2.81. The molecule has 1 fully saturated rings. The summed E-state index contributed by atoms with van der Waals surface area (Å²) in [4.78, 5) is 2.41. The van der Waals surface area contributed by atoms with Crippen LogP contribution in [0.15, 0.2) is 40.4 Å². The van der Waals surface area contributed by atoms with Crippen molar-refractivity contribution >= 4 is 52.6 Å². The molecule has 1 saturated heterocycles. The molecule has 0 aliphatic carbocycles. The molecule has 0 unspecified atom stereocenters. The Morgan fingerprint density at radius 3 is 2.83 bits per heavy atom. The van der Waals surface area contributed by atoms with Crippen LogP contribution in [0.4, 0.5) is 10.1 Å². The second-order valence-corrected chi connectivity index (χ2v) is 8.41. The van der Waals surface area contributed by atoms with Gasteiger partial charge in [0.2, 0.25) is 0 Å². The van der Waals surface area contributed by atoms with E-state index in [0.717, 1.165) is 42.4 Å². The number of benzene rings is 1. The van der Waals surface area contributed by atoms with Crippen LogP contribution in [0.3, 0.4) is 0 Å². The number of rotatable bonds is 7. The molecule has 0 atom stereocenters. The molecule has 2 rings (SSSR count). The Bertz CT molecular complexity index is 598. The van der Waals surface area contributed by atoms with Crippen LogP contribution in [0.1, 0.15) is 12.5 Å². The van der Waals surface area contributed by atoms with E-state index in [0.29, 0.717) is 15.8 Å². The summed E-state index contributed by atoms with van der Waals surface area (Å²) in [7, 11) is 0. The van der Waals surface area contributed by atoms with E-state index in [9.17, 15) is 4.39 Å². The van der Waals surface area contributed by atoms with Crippen molar-refractivity contribution in [1.82, 2.24) is 4.90 Å². The van der Waals surface area contributed by atoms with Gasteiger partial charge in [-0.2, -0.15) is 11.8 Å². The summed E-state index contributed by atoms with van der Waals surface area (Å²) in [6.45, 7) is 4.76. The second kappa shape index (κ2) is 10.6. The van der Waals surface area contributed by atoms with Crippen LogP contribution in [-0.4, -0.2) is 35.2 Å². The second-order valence-electron chi connectivity index (χ2n) is 5.39. The molecule has 1 aliphatic rings. The lowest BCUT2D eigenvalue weighted by Crippen LogP contribution is -2.32. The molecule has 1 aromatic rings. The highest BCUT2D eigenvalue weighted by Crippen LogP contribution is 2.24. The lowest BCUT2D eigenvalue weighted by molar-refractivity contribution is 0.295. The Hall–Kier alpha value is -0.330. The lowest BCUT2D eigenvalue weighted by Gasteiger charge is -2.27. The molecular formula is C17H21Cl2FN2S2. The fourth-order valence-corrected chi connectivity index (χ4v) is 3.97. The highest BCUT2D eigenvalue weighted by atomic mass is 35.5. The predicted molar refractivity (Wildman–Crippen MR) is 109 cm³/mol. The monoisotopic (exact) mass is 406 g/mol. The van der Waals surface area contributed by atoms with E-state index in [1.807, 2.05) is 23.9 Å². The van der Waals surface area contributed by atoms with E-state index in [1.165, 1.54) is 18.0 Å². The van der Waals surface area contributed by atoms with Gasteiger partial charge in [0.25, 0.3) is 0 Å². The molecule has 0 bridgehead atoms. The van der Waals surface area contributed by atoms with Crippen molar-refractivity contribution in [2.45, 2.75) is 13.5 Å². The molecule has 2 nitrogen and oxygen atoms in total. The average molecular weight is 407 g/mol. The molecule has 0 spiro atoms. The summed E-state index contributed by atoms with van der Waals surface area (Å²) in [5, 5.41) is 1.10. The van der Waals surface area contributed by atoms with E-state index in [-0.39, 0.29) is 5.82 Å². The highest BCUT2D eigenvalue weighted by molar-refractivity contribution is 8.00. The van der Waals surface area contributed by atoms with Crippen molar-refractivity contribution in [2.24, 2.45) is 0 Å². The van der Waals surface area contributed by atoms with Gasteiger partial charge in [-0.1, -0.05) is 35.3 Å². The van der Waals surface area contributed by atoms with Crippen molar-refractivity contribution in [2.75, 3.05) is 35.1 Å². The van der Waals surface area contributed by atoms with E-state index in [2.05, 4.69) is 9.62 Å². The third kappa shape index (κ3) is 6.89. The quantitative estimate of drug-likeness (QED) is 0.354. The van der Waals surface area contributed by atoms with Gasteiger partial charge < -0.3 is 4.72 Å². The SMILES string of the molecule is C/C(Cl)=C(Cl)\C=C/CSNc1cc(F)ccc1CN1CCSCC1. The van der Waals surface area contributed by atoms with Crippen LogP contribution in [0, 0.1) is 5.82 Å². The zero-order valence-electron chi connectivity index (χ0n) is 13.5. The van der Waals surface area contributed by atoms with Crippen molar-refractivity contribution < 1.29 is 4.39 Å². The summed E-state index contributed by atoms with van der Waals surface area (Å²) in [6, 6.07) is 4.95. The van der Waals surface area contributed by atoms with Crippen molar-refractivity contribution in [3.8, 4) is 0 Å². The van der Waals surface area contributed by atoms with Crippen LogP contribution in [0.25, 0.3) is 0 Å².